The third-order valence-corrected chi connectivity index (χ3v) is 3.94. The van der Waals surface area contributed by atoms with E-state index in [1.54, 1.807) is 0 Å². The fourth-order valence-corrected chi connectivity index (χ4v) is 2.54. The molecule has 2 heterocycles. The average molecular weight is 301 g/mol. The van der Waals surface area contributed by atoms with E-state index in [0.29, 0.717) is 19.8 Å². The molecule has 2 atom stereocenters. The number of rotatable bonds is 5. The van der Waals surface area contributed by atoms with Gasteiger partial charge in [0.2, 0.25) is 0 Å². The average Bonchev–Trinajstić information content (AvgIpc) is 2.95. The van der Waals surface area contributed by atoms with Gasteiger partial charge >= 0.3 is 12.0 Å². The minimum Gasteiger partial charge on any atom is -0.479 e. The Balaban J connectivity index is 1.78. The van der Waals surface area contributed by atoms with Crippen LogP contribution in [-0.4, -0.2) is 79.6 Å². The molecule has 0 aromatic rings. The summed E-state index contributed by atoms with van der Waals surface area (Å²) in [5, 5.41) is 14.4. The smallest absolute Gasteiger partial charge is 0.332 e. The van der Waals surface area contributed by atoms with Gasteiger partial charge in [-0.15, -0.1) is 0 Å². The molecule has 2 unspecified atom stereocenters. The van der Waals surface area contributed by atoms with Gasteiger partial charge in [0, 0.05) is 32.7 Å². The molecule has 0 aliphatic carbocycles. The van der Waals surface area contributed by atoms with Gasteiger partial charge in [-0.25, -0.2) is 9.59 Å². The first-order valence-corrected chi connectivity index (χ1v) is 7.27. The quantitative estimate of drug-likeness (QED) is 0.618. The lowest BCUT2D eigenvalue weighted by Crippen LogP contribution is -2.59. The maximum Gasteiger partial charge on any atom is 0.332 e. The van der Waals surface area contributed by atoms with Gasteiger partial charge in [-0.2, -0.15) is 0 Å². The molecule has 2 saturated heterocycles. The number of carbonyl (C=O) groups is 2. The van der Waals surface area contributed by atoms with E-state index in [-0.39, 0.29) is 19.1 Å². The van der Waals surface area contributed by atoms with Crippen molar-refractivity contribution in [3.05, 3.63) is 0 Å². The van der Waals surface area contributed by atoms with Gasteiger partial charge in [-0.3, -0.25) is 4.90 Å². The number of ether oxygens (including phenoxy) is 2. The highest BCUT2D eigenvalue weighted by atomic mass is 16.5. The molecule has 8 heteroatoms. The lowest BCUT2D eigenvalue weighted by atomic mass is 9.99. The van der Waals surface area contributed by atoms with E-state index >= 15 is 0 Å². The van der Waals surface area contributed by atoms with Crippen molar-refractivity contribution in [2.24, 2.45) is 0 Å². The first-order chi connectivity index (χ1) is 10.1. The summed E-state index contributed by atoms with van der Waals surface area (Å²) in [5.41, 5.74) is -1.31. The lowest BCUT2D eigenvalue weighted by Gasteiger charge is -2.32. The van der Waals surface area contributed by atoms with Gasteiger partial charge < -0.3 is 25.2 Å². The van der Waals surface area contributed by atoms with E-state index in [4.69, 9.17) is 9.47 Å². The van der Waals surface area contributed by atoms with Gasteiger partial charge in [-0.05, 0) is 6.54 Å². The Kier molecular flexibility index (Phi) is 5.38. The van der Waals surface area contributed by atoms with Gasteiger partial charge in [-0.1, -0.05) is 6.92 Å². The summed E-state index contributed by atoms with van der Waals surface area (Å²) in [6, 6.07) is -0.500. The van der Waals surface area contributed by atoms with E-state index in [0.717, 1.165) is 19.6 Å². The minimum absolute atomic E-state index is 0.000700. The van der Waals surface area contributed by atoms with Gasteiger partial charge in [0.1, 0.15) is 0 Å². The number of aliphatic carboxylic acids is 1. The van der Waals surface area contributed by atoms with Crippen molar-refractivity contribution in [1.29, 1.82) is 0 Å². The predicted molar refractivity (Wildman–Crippen MR) is 74.2 cm³/mol. The van der Waals surface area contributed by atoms with E-state index < -0.39 is 17.5 Å². The molecule has 0 saturated carbocycles. The summed E-state index contributed by atoms with van der Waals surface area (Å²) < 4.78 is 10.7. The predicted octanol–water partition coefficient (Wildman–Crippen LogP) is -0.750. The number of carboxylic acid groups (broad SMARTS) is 1. The number of carboxylic acids is 1. The molecule has 0 aromatic heterocycles. The molecule has 2 aliphatic rings. The third kappa shape index (κ3) is 4.05. The van der Waals surface area contributed by atoms with Crippen LogP contribution >= 0.6 is 0 Å². The molecular formula is C13H23N3O5. The Bertz CT molecular complexity index is 384. The van der Waals surface area contributed by atoms with E-state index in [1.165, 1.54) is 0 Å². The molecular weight excluding hydrogens is 278 g/mol. The van der Waals surface area contributed by atoms with Crippen LogP contribution in [-0.2, 0) is 14.3 Å². The van der Waals surface area contributed by atoms with Crippen molar-refractivity contribution in [1.82, 2.24) is 15.5 Å². The van der Waals surface area contributed by atoms with Crippen molar-refractivity contribution in [3.63, 3.8) is 0 Å². The standard InChI is InChI=1S/C13H23N3O5/c1-2-16-4-6-21-10(8-16)7-14-12(19)15-13(11(17)18)3-5-20-9-13/h10H,2-9H2,1H3,(H,17,18)(H2,14,15,19). The molecule has 2 fully saturated rings. The fraction of sp³-hybridized carbons (Fsp3) is 0.846. The van der Waals surface area contributed by atoms with Crippen LogP contribution in [0.3, 0.4) is 0 Å². The minimum atomic E-state index is -1.31. The molecule has 0 spiro atoms. The molecule has 2 aliphatic heterocycles. The van der Waals surface area contributed by atoms with Crippen molar-refractivity contribution in [2.45, 2.75) is 25.0 Å². The first-order valence-electron chi connectivity index (χ1n) is 7.27. The zero-order valence-electron chi connectivity index (χ0n) is 12.3. The second kappa shape index (κ2) is 7.06. The van der Waals surface area contributed by atoms with Crippen molar-refractivity contribution >= 4 is 12.0 Å². The monoisotopic (exact) mass is 301 g/mol. The molecule has 3 N–H and O–H groups in total. The van der Waals surface area contributed by atoms with Crippen LogP contribution in [0.5, 0.6) is 0 Å². The molecule has 0 aromatic carbocycles. The van der Waals surface area contributed by atoms with Crippen molar-refractivity contribution < 1.29 is 24.2 Å². The molecule has 0 radical (unpaired) electrons. The molecule has 8 nitrogen and oxygen atoms in total. The molecule has 2 amide bonds. The number of likely N-dealkylation sites (N-methyl/N-ethyl adjacent to an activating group) is 1. The van der Waals surface area contributed by atoms with Gasteiger partial charge in [0.25, 0.3) is 0 Å². The highest BCUT2D eigenvalue weighted by molar-refractivity contribution is 5.86. The Morgan fingerprint density at radius 2 is 2.24 bits per heavy atom. The van der Waals surface area contributed by atoms with Gasteiger partial charge in [0.15, 0.2) is 5.54 Å². The summed E-state index contributed by atoms with van der Waals surface area (Å²) in [7, 11) is 0. The summed E-state index contributed by atoms with van der Waals surface area (Å²) >= 11 is 0. The number of carbonyl (C=O) groups excluding carboxylic acids is 1. The van der Waals surface area contributed by atoms with Crippen LogP contribution in [0.4, 0.5) is 4.79 Å². The maximum atomic E-state index is 11.9. The zero-order valence-corrected chi connectivity index (χ0v) is 12.3. The zero-order chi connectivity index (χ0) is 15.3. The number of nitrogens with one attached hydrogen (secondary N) is 2. The Labute approximate surface area is 123 Å². The van der Waals surface area contributed by atoms with Crippen LogP contribution in [0.2, 0.25) is 0 Å². The van der Waals surface area contributed by atoms with Crippen LogP contribution in [0.15, 0.2) is 0 Å². The SMILES string of the molecule is CCN1CCOC(CNC(=O)NC2(C(=O)O)CCOC2)C1. The van der Waals surface area contributed by atoms with Crippen LogP contribution in [0.25, 0.3) is 0 Å². The van der Waals surface area contributed by atoms with Crippen LogP contribution in [0, 0.1) is 0 Å². The number of urea groups is 1. The summed E-state index contributed by atoms with van der Waals surface area (Å²) in [6.07, 6.45) is 0.212. The molecule has 120 valence electrons. The Morgan fingerprint density at radius 1 is 1.43 bits per heavy atom. The topological polar surface area (TPSA) is 100 Å². The number of amides is 2. The lowest BCUT2D eigenvalue weighted by molar-refractivity contribution is -0.144. The number of morpholine rings is 1. The summed E-state index contributed by atoms with van der Waals surface area (Å²) in [4.78, 5) is 25.4. The van der Waals surface area contributed by atoms with Gasteiger partial charge in [0.05, 0.1) is 19.3 Å². The van der Waals surface area contributed by atoms with E-state index in [9.17, 15) is 14.7 Å². The van der Waals surface area contributed by atoms with E-state index in [1.807, 2.05) is 0 Å². The Morgan fingerprint density at radius 3 is 2.86 bits per heavy atom. The number of hydrogen-bond acceptors (Lipinski definition) is 5. The summed E-state index contributed by atoms with van der Waals surface area (Å²) in [5.74, 6) is -1.07. The molecule has 21 heavy (non-hydrogen) atoms. The Hall–Kier alpha value is -1.38. The highest BCUT2D eigenvalue weighted by Gasteiger charge is 2.44. The van der Waals surface area contributed by atoms with Crippen LogP contribution in [0.1, 0.15) is 13.3 Å². The summed E-state index contributed by atoms with van der Waals surface area (Å²) in [6.45, 7) is 6.05. The second-order valence-electron chi connectivity index (χ2n) is 5.41. The van der Waals surface area contributed by atoms with Crippen molar-refractivity contribution in [2.75, 3.05) is 46.0 Å². The maximum absolute atomic E-state index is 11.9. The fourth-order valence-electron chi connectivity index (χ4n) is 2.54. The van der Waals surface area contributed by atoms with E-state index in [2.05, 4.69) is 22.5 Å². The second-order valence-corrected chi connectivity index (χ2v) is 5.41. The highest BCUT2D eigenvalue weighted by Crippen LogP contribution is 2.18. The number of hydrogen-bond donors (Lipinski definition) is 3. The van der Waals surface area contributed by atoms with Crippen molar-refractivity contribution in [3.8, 4) is 0 Å². The number of nitrogens with zero attached hydrogens (tertiary/aromatic N) is 1. The first kappa shape index (κ1) is 16.0. The molecule has 2 rings (SSSR count). The third-order valence-electron chi connectivity index (χ3n) is 3.94. The molecule has 0 bridgehead atoms. The largest absolute Gasteiger partial charge is 0.479 e. The van der Waals surface area contributed by atoms with Crippen LogP contribution < -0.4 is 10.6 Å². The normalized spacial score (nSPS) is 30.0.